The van der Waals surface area contributed by atoms with Gasteiger partial charge in [-0.3, -0.25) is 9.88 Å². The van der Waals surface area contributed by atoms with Crippen LogP contribution in [0.25, 0.3) is 0 Å². The fraction of sp³-hybridized carbons (Fsp3) is 0.280. The minimum absolute atomic E-state index is 0.0136. The van der Waals surface area contributed by atoms with Gasteiger partial charge < -0.3 is 10.0 Å². The molecule has 0 radical (unpaired) electrons. The molecule has 1 aliphatic heterocycles. The molecule has 1 saturated heterocycles. The summed E-state index contributed by atoms with van der Waals surface area (Å²) in [6, 6.07) is 19.1. The number of piperazine rings is 1. The van der Waals surface area contributed by atoms with Gasteiger partial charge in [0, 0.05) is 43.6 Å². The van der Waals surface area contributed by atoms with Crippen molar-refractivity contribution in [1.29, 1.82) is 5.26 Å². The number of halogens is 2. The minimum Gasteiger partial charge on any atom is -0.384 e. The second kappa shape index (κ2) is 9.48. The predicted molar refractivity (Wildman–Crippen MR) is 128 cm³/mol. The van der Waals surface area contributed by atoms with Gasteiger partial charge >= 0.3 is 0 Å². The van der Waals surface area contributed by atoms with Crippen LogP contribution in [0.3, 0.4) is 0 Å². The number of aliphatic hydroxyl groups is 1. The van der Waals surface area contributed by atoms with Crippen LogP contribution in [0.1, 0.15) is 29.7 Å². The highest BCUT2D eigenvalue weighted by Crippen LogP contribution is 2.36. The Morgan fingerprint density at radius 3 is 2.47 bits per heavy atom. The van der Waals surface area contributed by atoms with Crippen LogP contribution in [0.4, 0.5) is 5.69 Å². The van der Waals surface area contributed by atoms with Crippen molar-refractivity contribution < 1.29 is 5.11 Å². The van der Waals surface area contributed by atoms with Crippen LogP contribution in [0.15, 0.2) is 67.0 Å². The third kappa shape index (κ3) is 4.90. The highest BCUT2D eigenvalue weighted by atomic mass is 35.5. The van der Waals surface area contributed by atoms with Gasteiger partial charge in [0.25, 0.3) is 0 Å². The SMILES string of the molecule is C[C@@](O)(CN1CCN(c2ccc(C#N)cc2Cl)[C@H](c2ccc(Cl)cc2)C1)c1ccncc1. The third-order valence-electron chi connectivity index (χ3n) is 5.94. The Hall–Kier alpha value is -2.62. The largest absolute Gasteiger partial charge is 0.384 e. The van der Waals surface area contributed by atoms with Gasteiger partial charge in [0.2, 0.25) is 0 Å². The van der Waals surface area contributed by atoms with Gasteiger partial charge in [0.1, 0.15) is 0 Å². The Labute approximate surface area is 198 Å². The van der Waals surface area contributed by atoms with E-state index in [2.05, 4.69) is 20.9 Å². The van der Waals surface area contributed by atoms with Crippen molar-refractivity contribution in [3.8, 4) is 6.07 Å². The molecule has 0 unspecified atom stereocenters. The van der Waals surface area contributed by atoms with Crippen LogP contribution < -0.4 is 4.90 Å². The second-order valence-electron chi connectivity index (χ2n) is 8.28. The molecule has 1 aliphatic rings. The minimum atomic E-state index is -0.998. The van der Waals surface area contributed by atoms with E-state index in [0.717, 1.165) is 29.9 Å². The van der Waals surface area contributed by atoms with Gasteiger partial charge in [-0.1, -0.05) is 35.3 Å². The molecule has 2 heterocycles. The topological polar surface area (TPSA) is 63.4 Å². The molecule has 2 aromatic carbocycles. The number of anilines is 1. The van der Waals surface area contributed by atoms with E-state index in [9.17, 15) is 10.4 Å². The van der Waals surface area contributed by atoms with Crippen molar-refractivity contribution in [3.05, 3.63) is 93.7 Å². The van der Waals surface area contributed by atoms with E-state index in [4.69, 9.17) is 23.2 Å². The molecule has 0 amide bonds. The summed E-state index contributed by atoms with van der Waals surface area (Å²) in [7, 11) is 0. The fourth-order valence-corrected chi connectivity index (χ4v) is 4.70. The fourth-order valence-electron chi connectivity index (χ4n) is 4.29. The first kappa shape index (κ1) is 22.6. The maximum Gasteiger partial charge on any atom is 0.0995 e. The molecule has 0 aliphatic carbocycles. The quantitative estimate of drug-likeness (QED) is 0.570. The van der Waals surface area contributed by atoms with Gasteiger partial charge in [-0.25, -0.2) is 0 Å². The lowest BCUT2D eigenvalue weighted by molar-refractivity contribution is 0.0102. The number of β-amino-alcohol motifs (C(OH)–C–C–N with tert-alkyl or cyclic N) is 1. The normalized spacial score (nSPS) is 18.7. The lowest BCUT2D eigenvalue weighted by Crippen LogP contribution is -2.52. The molecule has 2 atom stereocenters. The van der Waals surface area contributed by atoms with E-state index >= 15 is 0 Å². The molecule has 164 valence electrons. The summed E-state index contributed by atoms with van der Waals surface area (Å²) in [6.07, 6.45) is 3.40. The monoisotopic (exact) mass is 466 g/mol. The van der Waals surface area contributed by atoms with Gasteiger partial charge in [0.05, 0.1) is 34.0 Å². The van der Waals surface area contributed by atoms with Crippen molar-refractivity contribution in [2.24, 2.45) is 0 Å². The molecule has 1 N–H and O–H groups in total. The van der Waals surface area contributed by atoms with Crippen molar-refractivity contribution >= 4 is 28.9 Å². The molecule has 7 heteroatoms. The molecular weight excluding hydrogens is 443 g/mol. The van der Waals surface area contributed by atoms with Crippen LogP contribution >= 0.6 is 23.2 Å². The number of hydrogen-bond acceptors (Lipinski definition) is 5. The molecule has 0 saturated carbocycles. The van der Waals surface area contributed by atoms with Gasteiger partial charge in [-0.05, 0) is 60.5 Å². The lowest BCUT2D eigenvalue weighted by atomic mass is 9.94. The smallest absolute Gasteiger partial charge is 0.0995 e. The first-order valence-electron chi connectivity index (χ1n) is 10.4. The van der Waals surface area contributed by atoms with E-state index in [-0.39, 0.29) is 6.04 Å². The van der Waals surface area contributed by atoms with Crippen LogP contribution in [-0.2, 0) is 5.60 Å². The number of benzene rings is 2. The van der Waals surface area contributed by atoms with E-state index in [1.807, 2.05) is 49.4 Å². The number of pyridine rings is 1. The van der Waals surface area contributed by atoms with E-state index in [1.165, 1.54) is 0 Å². The van der Waals surface area contributed by atoms with Crippen LogP contribution in [0.5, 0.6) is 0 Å². The van der Waals surface area contributed by atoms with Gasteiger partial charge in [0.15, 0.2) is 0 Å². The van der Waals surface area contributed by atoms with Crippen LogP contribution in [0, 0.1) is 11.3 Å². The van der Waals surface area contributed by atoms with E-state index < -0.39 is 5.60 Å². The third-order valence-corrected chi connectivity index (χ3v) is 6.49. The molecule has 1 aromatic heterocycles. The molecule has 5 nitrogen and oxygen atoms in total. The number of rotatable bonds is 5. The Morgan fingerprint density at radius 1 is 1.09 bits per heavy atom. The molecule has 4 rings (SSSR count). The summed E-state index contributed by atoms with van der Waals surface area (Å²) in [5.41, 5.74) is 2.39. The molecule has 1 fully saturated rings. The summed E-state index contributed by atoms with van der Waals surface area (Å²) in [5.74, 6) is 0. The maximum absolute atomic E-state index is 11.2. The standard InChI is InChI=1S/C25H24Cl2N4O/c1-25(32,20-8-10-29-11-9-20)17-30-12-13-31(23-7-2-18(15-28)14-22(23)27)24(16-30)19-3-5-21(26)6-4-19/h2-11,14,24,32H,12-13,16-17H2,1H3/t24-,25+/m0/s1. The van der Waals surface area contributed by atoms with Crippen LogP contribution in [0.2, 0.25) is 10.0 Å². The maximum atomic E-state index is 11.2. The number of hydrogen-bond donors (Lipinski definition) is 1. The Balaban J connectivity index is 1.63. The highest BCUT2D eigenvalue weighted by Gasteiger charge is 2.34. The zero-order chi connectivity index (χ0) is 22.7. The van der Waals surface area contributed by atoms with Crippen molar-refractivity contribution in [2.45, 2.75) is 18.6 Å². The zero-order valence-electron chi connectivity index (χ0n) is 17.7. The second-order valence-corrected chi connectivity index (χ2v) is 9.13. The molecule has 0 spiro atoms. The molecule has 3 aromatic rings. The first-order chi connectivity index (χ1) is 15.4. The molecular formula is C25H24Cl2N4O. The number of aromatic nitrogens is 1. The average molecular weight is 467 g/mol. The summed E-state index contributed by atoms with van der Waals surface area (Å²) in [5, 5.41) is 21.6. The lowest BCUT2D eigenvalue weighted by Gasteiger charge is -2.45. The number of nitrogens with zero attached hydrogens (tertiary/aromatic N) is 4. The van der Waals surface area contributed by atoms with Gasteiger partial charge in [-0.2, -0.15) is 5.26 Å². The van der Waals surface area contributed by atoms with Crippen molar-refractivity contribution in [1.82, 2.24) is 9.88 Å². The van der Waals surface area contributed by atoms with Crippen LogP contribution in [-0.4, -0.2) is 41.2 Å². The number of nitriles is 1. The highest BCUT2D eigenvalue weighted by molar-refractivity contribution is 6.33. The summed E-state index contributed by atoms with van der Waals surface area (Å²) >= 11 is 12.7. The van der Waals surface area contributed by atoms with Gasteiger partial charge in [-0.15, -0.1) is 0 Å². The van der Waals surface area contributed by atoms with Crippen molar-refractivity contribution in [3.63, 3.8) is 0 Å². The zero-order valence-corrected chi connectivity index (χ0v) is 19.3. The van der Waals surface area contributed by atoms with E-state index in [0.29, 0.717) is 28.7 Å². The molecule has 32 heavy (non-hydrogen) atoms. The summed E-state index contributed by atoms with van der Waals surface area (Å²) in [4.78, 5) is 8.59. The summed E-state index contributed by atoms with van der Waals surface area (Å²) < 4.78 is 0. The van der Waals surface area contributed by atoms with E-state index in [1.54, 1.807) is 24.5 Å². The Kier molecular flexibility index (Phi) is 6.68. The Morgan fingerprint density at radius 2 is 1.81 bits per heavy atom. The predicted octanol–water partition coefficient (Wildman–Crippen LogP) is 5.03. The summed E-state index contributed by atoms with van der Waals surface area (Å²) in [6.45, 7) is 4.53. The molecule has 0 bridgehead atoms. The average Bonchev–Trinajstić information content (AvgIpc) is 2.80. The first-order valence-corrected chi connectivity index (χ1v) is 11.2. The van der Waals surface area contributed by atoms with Crippen molar-refractivity contribution in [2.75, 3.05) is 31.1 Å². The Bertz CT molecular complexity index is 1110.